The monoisotopic (exact) mass is 225 g/mol. The number of hydrogen-bond acceptors (Lipinski definition) is 3. The van der Waals surface area contributed by atoms with Gasteiger partial charge in [0.2, 0.25) is 0 Å². The van der Waals surface area contributed by atoms with Crippen LogP contribution >= 0.6 is 0 Å². The quantitative estimate of drug-likeness (QED) is 0.724. The van der Waals surface area contributed by atoms with Crippen molar-refractivity contribution in [1.82, 2.24) is 24.7 Å². The average molecular weight is 225 g/mol. The van der Waals surface area contributed by atoms with Gasteiger partial charge in [-0.2, -0.15) is 5.10 Å². The number of nitrogens with one attached hydrogen (secondary N) is 1. The van der Waals surface area contributed by atoms with Gasteiger partial charge in [0.1, 0.15) is 12.0 Å². The third-order valence-electron chi connectivity index (χ3n) is 2.57. The number of nitrogens with zero attached hydrogens (tertiary/aromatic N) is 4. The summed E-state index contributed by atoms with van der Waals surface area (Å²) in [5.41, 5.74) is 4.00. The van der Waals surface area contributed by atoms with Crippen LogP contribution in [0.3, 0.4) is 0 Å². The van der Waals surface area contributed by atoms with Gasteiger partial charge in [0.25, 0.3) is 0 Å². The predicted octanol–water partition coefficient (Wildman–Crippen LogP) is 1.87. The highest BCUT2D eigenvalue weighted by atomic mass is 15.3. The van der Waals surface area contributed by atoms with E-state index in [9.17, 15) is 0 Å². The lowest BCUT2D eigenvalue weighted by Crippen LogP contribution is -1.88. The van der Waals surface area contributed by atoms with Crippen molar-refractivity contribution >= 4 is 0 Å². The molecule has 0 aliphatic rings. The molecule has 0 aromatic carbocycles. The lowest BCUT2D eigenvalue weighted by molar-refractivity contribution is 0.770. The molecule has 5 heteroatoms. The number of rotatable bonds is 2. The minimum atomic E-state index is 0.896. The van der Waals surface area contributed by atoms with E-state index >= 15 is 0 Å². The summed E-state index contributed by atoms with van der Waals surface area (Å²) in [6.45, 7) is 0. The molecule has 0 atom stereocenters. The van der Waals surface area contributed by atoms with Crippen molar-refractivity contribution in [3.05, 3.63) is 43.4 Å². The van der Waals surface area contributed by atoms with E-state index in [1.54, 1.807) is 17.1 Å². The lowest BCUT2D eigenvalue weighted by Gasteiger charge is -1.98. The van der Waals surface area contributed by atoms with Gasteiger partial charge in [-0.1, -0.05) is 0 Å². The molecular weight excluding hydrogens is 214 g/mol. The molecule has 0 unspecified atom stereocenters. The summed E-state index contributed by atoms with van der Waals surface area (Å²) < 4.78 is 1.80. The third-order valence-corrected chi connectivity index (χ3v) is 2.57. The highest BCUT2D eigenvalue weighted by Gasteiger charge is 2.12. The summed E-state index contributed by atoms with van der Waals surface area (Å²) in [5.74, 6) is 0. The van der Waals surface area contributed by atoms with Gasteiger partial charge in [0.15, 0.2) is 0 Å². The van der Waals surface area contributed by atoms with Crippen LogP contribution in [0.15, 0.2) is 43.4 Å². The Morgan fingerprint density at radius 3 is 2.71 bits per heavy atom. The summed E-state index contributed by atoms with van der Waals surface area (Å²) in [6.07, 6.45) is 10.9. The van der Waals surface area contributed by atoms with E-state index in [2.05, 4.69) is 20.1 Å². The molecule has 0 spiro atoms. The van der Waals surface area contributed by atoms with E-state index in [-0.39, 0.29) is 0 Å². The molecule has 1 N–H and O–H groups in total. The molecule has 5 nitrogen and oxygen atoms in total. The van der Waals surface area contributed by atoms with Crippen molar-refractivity contribution < 1.29 is 0 Å². The van der Waals surface area contributed by atoms with Crippen molar-refractivity contribution in [3.8, 4) is 22.4 Å². The topological polar surface area (TPSA) is 59.4 Å². The van der Waals surface area contributed by atoms with Gasteiger partial charge in [0, 0.05) is 54.7 Å². The zero-order valence-electron chi connectivity index (χ0n) is 9.33. The first-order chi connectivity index (χ1) is 8.34. The molecule has 0 fully saturated rings. The fraction of sp³-hybridized carbons (Fsp3) is 0.0833. The van der Waals surface area contributed by atoms with Crippen molar-refractivity contribution in [1.29, 1.82) is 0 Å². The molecule has 0 saturated carbocycles. The van der Waals surface area contributed by atoms with Gasteiger partial charge in [-0.05, 0) is 6.07 Å². The van der Waals surface area contributed by atoms with Gasteiger partial charge in [-0.3, -0.25) is 4.68 Å². The average Bonchev–Trinajstić information content (AvgIpc) is 2.98. The summed E-state index contributed by atoms with van der Waals surface area (Å²) in [4.78, 5) is 11.1. The van der Waals surface area contributed by atoms with Crippen LogP contribution in [0.25, 0.3) is 22.4 Å². The van der Waals surface area contributed by atoms with Crippen molar-refractivity contribution in [3.63, 3.8) is 0 Å². The van der Waals surface area contributed by atoms with E-state index in [4.69, 9.17) is 0 Å². The molecule has 0 aliphatic carbocycles. The highest BCUT2D eigenvalue weighted by Crippen LogP contribution is 2.29. The number of aryl methyl sites for hydroxylation is 1. The second-order valence-corrected chi connectivity index (χ2v) is 3.79. The van der Waals surface area contributed by atoms with Crippen molar-refractivity contribution in [2.24, 2.45) is 7.05 Å². The zero-order chi connectivity index (χ0) is 11.7. The normalized spacial score (nSPS) is 10.6. The molecule has 0 saturated heterocycles. The van der Waals surface area contributed by atoms with Crippen LogP contribution in [0.1, 0.15) is 0 Å². The number of aromatic amines is 1. The second-order valence-electron chi connectivity index (χ2n) is 3.79. The maximum absolute atomic E-state index is 4.46. The van der Waals surface area contributed by atoms with Crippen LogP contribution in [0, 0.1) is 0 Å². The van der Waals surface area contributed by atoms with Crippen LogP contribution in [-0.2, 0) is 7.05 Å². The molecular formula is C12H11N5. The second kappa shape index (κ2) is 3.86. The molecule has 17 heavy (non-hydrogen) atoms. The predicted molar refractivity (Wildman–Crippen MR) is 64.0 cm³/mol. The van der Waals surface area contributed by atoms with Gasteiger partial charge in [-0.25, -0.2) is 9.97 Å². The molecule has 84 valence electrons. The van der Waals surface area contributed by atoms with E-state index in [0.29, 0.717) is 0 Å². The summed E-state index contributed by atoms with van der Waals surface area (Å²) in [7, 11) is 1.91. The van der Waals surface area contributed by atoms with Gasteiger partial charge < -0.3 is 4.98 Å². The van der Waals surface area contributed by atoms with Crippen LogP contribution in [-0.4, -0.2) is 24.7 Å². The molecule has 0 amide bonds. The number of aromatic nitrogens is 5. The van der Waals surface area contributed by atoms with Crippen molar-refractivity contribution in [2.45, 2.75) is 0 Å². The molecule has 0 radical (unpaired) electrons. The third kappa shape index (κ3) is 1.71. The van der Waals surface area contributed by atoms with Crippen LogP contribution < -0.4 is 0 Å². The molecule has 0 aliphatic heterocycles. The molecule has 3 rings (SSSR count). The standard InChI is InChI=1S/C12H11N5/c1-17-7-11(9-2-3-13-4-9)12(16-17)10-5-14-8-15-6-10/h2-8,13H,1H3. The first-order valence-electron chi connectivity index (χ1n) is 5.27. The Morgan fingerprint density at radius 2 is 2.00 bits per heavy atom. The lowest BCUT2D eigenvalue weighted by atomic mass is 10.1. The molecule has 3 heterocycles. The van der Waals surface area contributed by atoms with E-state index < -0.39 is 0 Å². The Bertz CT molecular complexity index is 610. The summed E-state index contributed by atoms with van der Waals surface area (Å²) in [6, 6.07) is 2.02. The smallest absolute Gasteiger partial charge is 0.115 e. The van der Waals surface area contributed by atoms with Gasteiger partial charge >= 0.3 is 0 Å². The first-order valence-corrected chi connectivity index (χ1v) is 5.27. The molecule has 3 aromatic heterocycles. The Labute approximate surface area is 98.2 Å². The highest BCUT2D eigenvalue weighted by molar-refractivity contribution is 5.79. The first kappa shape index (κ1) is 9.77. The molecule has 3 aromatic rings. The van der Waals surface area contributed by atoms with Crippen molar-refractivity contribution in [2.75, 3.05) is 0 Å². The largest absolute Gasteiger partial charge is 0.367 e. The van der Waals surface area contributed by atoms with Gasteiger partial charge in [-0.15, -0.1) is 0 Å². The van der Waals surface area contributed by atoms with Gasteiger partial charge in [0.05, 0.1) is 0 Å². The maximum atomic E-state index is 4.46. The Hall–Kier alpha value is -2.43. The number of H-pyrrole nitrogens is 1. The molecule has 0 bridgehead atoms. The minimum Gasteiger partial charge on any atom is -0.367 e. The maximum Gasteiger partial charge on any atom is 0.115 e. The SMILES string of the molecule is Cn1cc(-c2cc[nH]c2)c(-c2cncnc2)n1. The fourth-order valence-electron chi connectivity index (χ4n) is 1.83. The Balaban J connectivity index is 2.18. The van der Waals surface area contributed by atoms with E-state index in [1.807, 2.05) is 31.7 Å². The van der Waals surface area contributed by atoms with E-state index in [1.165, 1.54) is 6.33 Å². The van der Waals surface area contributed by atoms with Crippen LogP contribution in [0.5, 0.6) is 0 Å². The fourth-order valence-corrected chi connectivity index (χ4v) is 1.83. The minimum absolute atomic E-state index is 0.896. The summed E-state index contributed by atoms with van der Waals surface area (Å²) >= 11 is 0. The van der Waals surface area contributed by atoms with Crippen LogP contribution in [0.4, 0.5) is 0 Å². The number of hydrogen-bond donors (Lipinski definition) is 1. The zero-order valence-corrected chi connectivity index (χ0v) is 9.33. The van der Waals surface area contributed by atoms with Crippen LogP contribution in [0.2, 0.25) is 0 Å². The van der Waals surface area contributed by atoms with E-state index in [0.717, 1.165) is 22.4 Å². The Kier molecular flexibility index (Phi) is 2.22. The summed E-state index contributed by atoms with van der Waals surface area (Å²) in [5, 5.41) is 4.46. The Morgan fingerprint density at radius 1 is 1.18 bits per heavy atom.